The first kappa shape index (κ1) is 24.3. The molecule has 1 N–H and O–H groups in total. The van der Waals surface area contributed by atoms with Gasteiger partial charge in [-0.2, -0.15) is 5.10 Å². The van der Waals surface area contributed by atoms with Crippen molar-refractivity contribution in [3.63, 3.8) is 0 Å². The van der Waals surface area contributed by atoms with E-state index in [9.17, 15) is 14.7 Å². The predicted octanol–water partition coefficient (Wildman–Crippen LogP) is 4.23. The topological polar surface area (TPSA) is 86.3 Å². The molecular weight excluding hydrogens is 418 g/mol. The third kappa shape index (κ3) is 6.34. The van der Waals surface area contributed by atoms with Crippen molar-refractivity contribution < 1.29 is 14.6 Å². The molecule has 176 valence electrons. The number of aryl methyl sites for hydroxylation is 3. The molecule has 0 amide bonds. The highest BCUT2D eigenvalue weighted by atomic mass is 16.5. The summed E-state index contributed by atoms with van der Waals surface area (Å²) in [5, 5.41) is 13.8. The van der Waals surface area contributed by atoms with Gasteiger partial charge in [0.2, 0.25) is 0 Å². The van der Waals surface area contributed by atoms with Gasteiger partial charge >= 0.3 is 11.7 Å². The van der Waals surface area contributed by atoms with Crippen LogP contribution in [0.25, 0.3) is 0 Å². The van der Waals surface area contributed by atoms with Crippen molar-refractivity contribution in [3.8, 4) is 5.75 Å². The number of benzene rings is 2. The van der Waals surface area contributed by atoms with Gasteiger partial charge in [-0.05, 0) is 70.2 Å². The number of aliphatic carboxylic acids is 1. The molecule has 0 unspecified atom stereocenters. The fourth-order valence-corrected chi connectivity index (χ4v) is 3.63. The van der Waals surface area contributed by atoms with Crippen molar-refractivity contribution in [1.29, 1.82) is 0 Å². The molecule has 0 bridgehead atoms. The summed E-state index contributed by atoms with van der Waals surface area (Å²) < 4.78 is 8.86. The molecule has 3 rings (SSSR count). The molecule has 0 spiro atoms. The lowest BCUT2D eigenvalue weighted by Crippen LogP contribution is -2.37. The summed E-state index contributed by atoms with van der Waals surface area (Å²) >= 11 is 0. The molecule has 3 aromatic rings. The zero-order chi connectivity index (χ0) is 24.0. The van der Waals surface area contributed by atoms with Crippen molar-refractivity contribution in [2.24, 2.45) is 0 Å². The molecule has 0 radical (unpaired) electrons. The summed E-state index contributed by atoms with van der Waals surface area (Å²) in [5.41, 5.74) is 2.09. The van der Waals surface area contributed by atoms with Crippen molar-refractivity contribution in [2.45, 2.75) is 72.1 Å². The lowest BCUT2D eigenvalue weighted by molar-refractivity contribution is -0.152. The molecule has 7 nitrogen and oxygen atoms in total. The van der Waals surface area contributed by atoms with Gasteiger partial charge in [0.25, 0.3) is 0 Å². The number of nitrogens with zero attached hydrogens (tertiary/aromatic N) is 3. The largest absolute Gasteiger partial charge is 0.478 e. The van der Waals surface area contributed by atoms with Crippen molar-refractivity contribution in [1.82, 2.24) is 14.3 Å². The van der Waals surface area contributed by atoms with E-state index in [1.807, 2.05) is 62.4 Å². The van der Waals surface area contributed by atoms with Gasteiger partial charge in [0.15, 0.2) is 5.60 Å². The monoisotopic (exact) mass is 451 g/mol. The van der Waals surface area contributed by atoms with Gasteiger partial charge in [0, 0.05) is 13.0 Å². The molecule has 1 heterocycles. The van der Waals surface area contributed by atoms with Crippen LogP contribution in [0.5, 0.6) is 5.75 Å². The van der Waals surface area contributed by atoms with Crippen LogP contribution in [0.4, 0.5) is 0 Å². The average Bonchev–Trinajstić information content (AvgIpc) is 3.07. The third-order valence-corrected chi connectivity index (χ3v) is 5.70. The number of aromatic nitrogens is 3. The van der Waals surface area contributed by atoms with Crippen LogP contribution in [0.15, 0.2) is 53.3 Å². The second-order valence-electron chi connectivity index (χ2n) is 8.85. The second-order valence-corrected chi connectivity index (χ2v) is 8.85. The van der Waals surface area contributed by atoms with Crippen LogP contribution in [0.3, 0.4) is 0 Å². The maximum absolute atomic E-state index is 12.7. The smallest absolute Gasteiger partial charge is 0.347 e. The van der Waals surface area contributed by atoms with Gasteiger partial charge in [-0.3, -0.25) is 4.57 Å². The first-order valence-electron chi connectivity index (χ1n) is 11.4. The van der Waals surface area contributed by atoms with Crippen LogP contribution < -0.4 is 10.4 Å². The molecule has 2 aromatic carbocycles. The molecule has 0 saturated heterocycles. The Bertz CT molecular complexity index is 1130. The third-order valence-electron chi connectivity index (χ3n) is 5.70. The Hall–Kier alpha value is -3.35. The quantitative estimate of drug-likeness (QED) is 0.441. The minimum atomic E-state index is -1.26. The van der Waals surface area contributed by atoms with E-state index in [-0.39, 0.29) is 5.69 Å². The number of hydrogen-bond acceptors (Lipinski definition) is 4. The minimum absolute atomic E-state index is 0.0621. The van der Waals surface area contributed by atoms with E-state index in [0.29, 0.717) is 18.8 Å². The Morgan fingerprint density at radius 3 is 2.21 bits per heavy atom. The number of carboxylic acid groups (broad SMARTS) is 1. The fraction of sp³-hybridized carbons (Fsp3) is 0.423. The zero-order valence-electron chi connectivity index (χ0n) is 19.9. The molecule has 1 aromatic heterocycles. The number of ether oxygens (including phenoxy) is 1. The molecule has 0 aliphatic heterocycles. The second kappa shape index (κ2) is 10.5. The van der Waals surface area contributed by atoms with E-state index in [1.165, 1.54) is 19.4 Å². The number of carbonyl (C=O) groups is 1. The normalized spacial score (nSPS) is 11.5. The van der Waals surface area contributed by atoms with Gasteiger partial charge in [0.05, 0.1) is 6.54 Å². The van der Waals surface area contributed by atoms with Crippen LogP contribution in [-0.2, 0) is 30.7 Å². The summed E-state index contributed by atoms with van der Waals surface area (Å²) in [6.45, 7) is 8.16. The van der Waals surface area contributed by atoms with Gasteiger partial charge in [-0.1, -0.05) is 42.0 Å². The van der Waals surface area contributed by atoms with Gasteiger partial charge in [0.1, 0.15) is 11.6 Å². The molecule has 0 aliphatic carbocycles. The molecule has 0 atom stereocenters. The lowest BCUT2D eigenvalue weighted by atomic mass is 10.1. The van der Waals surface area contributed by atoms with E-state index in [1.54, 1.807) is 9.25 Å². The molecular formula is C26H33N3O4. The lowest BCUT2D eigenvalue weighted by Gasteiger charge is -2.21. The molecule has 0 saturated carbocycles. The molecule has 0 fully saturated rings. The Kier molecular flexibility index (Phi) is 7.74. The molecule has 7 heteroatoms. The van der Waals surface area contributed by atoms with Crippen molar-refractivity contribution >= 4 is 5.97 Å². The SMILES string of the molecule is CCn1c(CCCCc2ccc(OC(C)(C)C(=O)O)cc2)nn(Cc2ccc(C)cc2)c1=O. The number of hydrogen-bond donors (Lipinski definition) is 1. The maximum atomic E-state index is 12.7. The Morgan fingerprint density at radius 2 is 1.61 bits per heavy atom. The Balaban J connectivity index is 1.54. The van der Waals surface area contributed by atoms with Crippen LogP contribution in [0.1, 0.15) is 56.1 Å². The summed E-state index contributed by atoms with van der Waals surface area (Å²) in [4.78, 5) is 23.9. The summed E-state index contributed by atoms with van der Waals surface area (Å²) in [6.07, 6.45) is 3.52. The van der Waals surface area contributed by atoms with E-state index >= 15 is 0 Å². The highest BCUT2D eigenvalue weighted by Gasteiger charge is 2.29. The van der Waals surface area contributed by atoms with Crippen LogP contribution in [0.2, 0.25) is 0 Å². The Morgan fingerprint density at radius 1 is 1.00 bits per heavy atom. The number of rotatable bonds is 11. The van der Waals surface area contributed by atoms with Crippen molar-refractivity contribution in [3.05, 3.63) is 81.5 Å². The average molecular weight is 452 g/mol. The fourth-order valence-electron chi connectivity index (χ4n) is 3.63. The highest BCUT2D eigenvalue weighted by molar-refractivity contribution is 5.76. The zero-order valence-corrected chi connectivity index (χ0v) is 19.9. The number of unbranched alkanes of at least 4 members (excludes halogenated alkanes) is 1. The molecule has 0 aliphatic rings. The Labute approximate surface area is 194 Å². The summed E-state index contributed by atoms with van der Waals surface area (Å²) in [5.74, 6) is 0.366. The van der Waals surface area contributed by atoms with Crippen LogP contribution in [0, 0.1) is 6.92 Å². The number of carboxylic acids is 1. The minimum Gasteiger partial charge on any atom is -0.478 e. The van der Waals surface area contributed by atoms with E-state index in [4.69, 9.17) is 4.74 Å². The van der Waals surface area contributed by atoms with Crippen LogP contribution >= 0.6 is 0 Å². The molecule has 33 heavy (non-hydrogen) atoms. The van der Waals surface area contributed by atoms with Gasteiger partial charge in [-0.25, -0.2) is 14.3 Å². The standard InChI is InChI=1S/C26H33N3O4/c1-5-28-23(27-29(25(28)32)18-21-12-10-19(2)11-13-21)9-7-6-8-20-14-16-22(17-15-20)33-26(3,4)24(30)31/h10-17H,5-9,18H2,1-4H3,(H,30,31). The van der Waals surface area contributed by atoms with Gasteiger partial charge < -0.3 is 9.84 Å². The summed E-state index contributed by atoms with van der Waals surface area (Å²) in [6, 6.07) is 15.7. The first-order chi connectivity index (χ1) is 15.7. The van der Waals surface area contributed by atoms with E-state index in [2.05, 4.69) is 5.10 Å². The van der Waals surface area contributed by atoms with Crippen LogP contribution in [-0.4, -0.2) is 31.0 Å². The summed E-state index contributed by atoms with van der Waals surface area (Å²) in [7, 11) is 0. The highest BCUT2D eigenvalue weighted by Crippen LogP contribution is 2.20. The first-order valence-corrected chi connectivity index (χ1v) is 11.4. The predicted molar refractivity (Wildman–Crippen MR) is 128 cm³/mol. The van der Waals surface area contributed by atoms with Gasteiger partial charge in [-0.15, -0.1) is 0 Å². The van der Waals surface area contributed by atoms with E-state index < -0.39 is 11.6 Å². The maximum Gasteiger partial charge on any atom is 0.347 e. The van der Waals surface area contributed by atoms with E-state index in [0.717, 1.165) is 42.6 Å². The van der Waals surface area contributed by atoms with Crippen molar-refractivity contribution in [2.75, 3.05) is 0 Å².